The van der Waals surface area contributed by atoms with Gasteiger partial charge in [-0.1, -0.05) is 6.07 Å². The summed E-state index contributed by atoms with van der Waals surface area (Å²) < 4.78 is 5.53. The van der Waals surface area contributed by atoms with Gasteiger partial charge in [-0.05, 0) is 18.6 Å². The fourth-order valence-corrected chi connectivity index (χ4v) is 1.99. The molecule has 0 saturated carbocycles. The van der Waals surface area contributed by atoms with E-state index in [1.165, 1.54) is 0 Å². The van der Waals surface area contributed by atoms with Crippen LogP contribution in [0.3, 0.4) is 0 Å². The van der Waals surface area contributed by atoms with Crippen LogP contribution in [0, 0.1) is 0 Å². The average molecular weight is 289 g/mol. The molecule has 0 radical (unpaired) electrons. The smallest absolute Gasteiger partial charge is 0.164 e. The van der Waals surface area contributed by atoms with Gasteiger partial charge in [-0.2, -0.15) is 0 Å². The van der Waals surface area contributed by atoms with Crippen molar-refractivity contribution in [1.82, 2.24) is 0 Å². The zero-order valence-electron chi connectivity index (χ0n) is 9.14. The van der Waals surface area contributed by atoms with Crippen molar-refractivity contribution in [3.8, 4) is 11.5 Å². The molecule has 0 fully saturated rings. The molecule has 1 aromatic carbocycles. The van der Waals surface area contributed by atoms with Gasteiger partial charge in [0.25, 0.3) is 0 Å². The van der Waals surface area contributed by atoms with Crippen LogP contribution in [-0.4, -0.2) is 17.4 Å². The highest BCUT2D eigenvalue weighted by Crippen LogP contribution is 2.39. The number of halogens is 1. The van der Waals surface area contributed by atoms with Crippen LogP contribution < -0.4 is 16.2 Å². The first-order valence-corrected chi connectivity index (χ1v) is 5.09. The van der Waals surface area contributed by atoms with Crippen LogP contribution in [0.15, 0.2) is 12.1 Å². The number of nitrogens with two attached hydrogens (primary N) is 2. The molecule has 4 nitrogen and oxygen atoms in total. The normalized spacial score (nSPS) is 17.9. The zero-order chi connectivity index (χ0) is 11.0. The summed E-state index contributed by atoms with van der Waals surface area (Å²) in [5.74, 6) is 0.796. The van der Waals surface area contributed by atoms with E-state index in [-0.39, 0.29) is 35.0 Å². The highest BCUT2D eigenvalue weighted by atomic mass is 79.9. The molecular formula is C11H17BrN2O2. The second kappa shape index (κ2) is 5.03. The minimum atomic E-state index is -0.366. The van der Waals surface area contributed by atoms with Gasteiger partial charge in [-0.15, -0.1) is 17.0 Å². The van der Waals surface area contributed by atoms with Gasteiger partial charge >= 0.3 is 0 Å². The third kappa shape index (κ3) is 2.48. The van der Waals surface area contributed by atoms with E-state index in [1.54, 1.807) is 6.07 Å². The van der Waals surface area contributed by atoms with Crippen LogP contribution in [0.4, 0.5) is 0 Å². The molecule has 0 amide bonds. The molecule has 1 heterocycles. The molecular weight excluding hydrogens is 272 g/mol. The molecule has 2 rings (SSSR count). The van der Waals surface area contributed by atoms with Gasteiger partial charge in [-0.25, -0.2) is 0 Å². The van der Waals surface area contributed by atoms with Crippen molar-refractivity contribution in [1.29, 1.82) is 0 Å². The molecule has 0 saturated heterocycles. The summed E-state index contributed by atoms with van der Waals surface area (Å²) in [6, 6.07) is 3.50. The third-order valence-corrected chi connectivity index (χ3v) is 2.60. The van der Waals surface area contributed by atoms with Crippen LogP contribution in [-0.2, 0) is 12.8 Å². The van der Waals surface area contributed by atoms with Crippen molar-refractivity contribution in [2.75, 3.05) is 0 Å². The number of phenolic OH excluding ortho intramolecular Hbond substituents is 1. The maximum absolute atomic E-state index is 9.62. The van der Waals surface area contributed by atoms with Crippen LogP contribution >= 0.6 is 17.0 Å². The Morgan fingerprint density at radius 2 is 2.19 bits per heavy atom. The largest absolute Gasteiger partial charge is 0.504 e. The fourth-order valence-electron chi connectivity index (χ4n) is 1.99. The molecule has 5 heteroatoms. The first-order valence-electron chi connectivity index (χ1n) is 5.09. The van der Waals surface area contributed by atoms with Crippen LogP contribution in [0.5, 0.6) is 11.5 Å². The Kier molecular flexibility index (Phi) is 4.18. The van der Waals surface area contributed by atoms with E-state index in [9.17, 15) is 5.11 Å². The van der Waals surface area contributed by atoms with Gasteiger partial charge in [0.1, 0.15) is 6.10 Å². The lowest BCUT2D eigenvalue weighted by atomic mass is 9.99. The van der Waals surface area contributed by atoms with E-state index in [1.807, 2.05) is 13.0 Å². The van der Waals surface area contributed by atoms with Crippen molar-refractivity contribution < 1.29 is 9.84 Å². The molecule has 0 spiro atoms. The molecule has 0 bridgehead atoms. The Bertz CT molecular complexity index is 382. The minimum absolute atomic E-state index is 0. The van der Waals surface area contributed by atoms with Crippen LogP contribution in [0.2, 0.25) is 0 Å². The maximum atomic E-state index is 9.62. The molecule has 1 atom stereocenters. The highest BCUT2D eigenvalue weighted by Gasteiger charge is 2.25. The molecule has 0 aromatic heterocycles. The second-order valence-electron chi connectivity index (χ2n) is 4.05. The Labute approximate surface area is 105 Å². The van der Waals surface area contributed by atoms with Crippen molar-refractivity contribution in [3.63, 3.8) is 0 Å². The monoisotopic (exact) mass is 288 g/mol. The van der Waals surface area contributed by atoms with E-state index in [4.69, 9.17) is 16.2 Å². The van der Waals surface area contributed by atoms with Gasteiger partial charge < -0.3 is 21.3 Å². The lowest BCUT2D eigenvalue weighted by Crippen LogP contribution is -2.32. The number of benzene rings is 1. The molecule has 0 aliphatic carbocycles. The Morgan fingerprint density at radius 1 is 1.50 bits per heavy atom. The van der Waals surface area contributed by atoms with E-state index in [2.05, 4.69) is 0 Å². The number of rotatable bonds is 2. The van der Waals surface area contributed by atoms with E-state index in [0.717, 1.165) is 17.5 Å². The molecule has 90 valence electrons. The molecule has 1 aromatic rings. The predicted molar refractivity (Wildman–Crippen MR) is 68.1 cm³/mol. The second-order valence-corrected chi connectivity index (χ2v) is 4.05. The summed E-state index contributed by atoms with van der Waals surface area (Å²) in [5, 5.41) is 9.62. The number of hydrogen-bond acceptors (Lipinski definition) is 4. The number of hydrogen-bond donors (Lipinski definition) is 3. The van der Waals surface area contributed by atoms with Gasteiger partial charge in [0.05, 0.1) is 6.17 Å². The molecule has 1 aliphatic rings. The highest BCUT2D eigenvalue weighted by molar-refractivity contribution is 8.93. The molecule has 16 heavy (non-hydrogen) atoms. The molecule has 1 unspecified atom stereocenters. The standard InChI is InChI=1S/C11H16N2O2.BrH/c1-6-4-8-7(5-10(12)13)2-3-9(14)11(8)15-6;/h2-3,6,10,14H,4-5,12-13H2,1H3;1H. The first-order chi connectivity index (χ1) is 7.08. The summed E-state index contributed by atoms with van der Waals surface area (Å²) in [4.78, 5) is 0. The first kappa shape index (κ1) is 13.3. The van der Waals surface area contributed by atoms with Crippen molar-refractivity contribution in [3.05, 3.63) is 23.3 Å². The fraction of sp³-hybridized carbons (Fsp3) is 0.455. The number of ether oxygens (including phenoxy) is 1. The summed E-state index contributed by atoms with van der Waals surface area (Å²) in [6.07, 6.45) is 1.17. The number of fused-ring (bicyclic) bond motifs is 1. The van der Waals surface area contributed by atoms with Gasteiger partial charge in [0.2, 0.25) is 0 Å². The zero-order valence-corrected chi connectivity index (χ0v) is 10.9. The summed E-state index contributed by atoms with van der Waals surface area (Å²) in [6.45, 7) is 1.98. The lowest BCUT2D eigenvalue weighted by Gasteiger charge is -2.10. The van der Waals surface area contributed by atoms with Gasteiger partial charge in [0, 0.05) is 18.4 Å². The van der Waals surface area contributed by atoms with Gasteiger partial charge in [0.15, 0.2) is 11.5 Å². The number of aromatic hydroxyl groups is 1. The maximum Gasteiger partial charge on any atom is 0.164 e. The average Bonchev–Trinajstić information content (AvgIpc) is 2.52. The van der Waals surface area contributed by atoms with Crippen molar-refractivity contribution >= 4 is 17.0 Å². The lowest BCUT2D eigenvalue weighted by molar-refractivity contribution is 0.245. The topological polar surface area (TPSA) is 81.5 Å². The van der Waals surface area contributed by atoms with E-state index in [0.29, 0.717) is 12.2 Å². The Morgan fingerprint density at radius 3 is 2.81 bits per heavy atom. The summed E-state index contributed by atoms with van der Waals surface area (Å²) in [7, 11) is 0. The Balaban J connectivity index is 0.00000128. The van der Waals surface area contributed by atoms with Crippen molar-refractivity contribution in [2.45, 2.75) is 32.0 Å². The third-order valence-electron chi connectivity index (χ3n) is 2.60. The predicted octanol–water partition coefficient (Wildman–Crippen LogP) is 1.08. The summed E-state index contributed by atoms with van der Waals surface area (Å²) in [5.41, 5.74) is 13.2. The quantitative estimate of drug-likeness (QED) is 0.712. The van der Waals surface area contributed by atoms with Gasteiger partial charge in [-0.3, -0.25) is 0 Å². The SMILES string of the molecule is Br.CC1Cc2c(CC(N)N)ccc(O)c2O1. The molecule has 1 aliphatic heterocycles. The summed E-state index contributed by atoms with van der Waals surface area (Å²) >= 11 is 0. The van der Waals surface area contributed by atoms with E-state index < -0.39 is 0 Å². The van der Waals surface area contributed by atoms with Crippen LogP contribution in [0.1, 0.15) is 18.1 Å². The van der Waals surface area contributed by atoms with Crippen molar-refractivity contribution in [2.24, 2.45) is 11.5 Å². The van der Waals surface area contributed by atoms with Crippen LogP contribution in [0.25, 0.3) is 0 Å². The minimum Gasteiger partial charge on any atom is -0.504 e. The molecule has 5 N–H and O–H groups in total. The Hall–Kier alpha value is -0.780. The van der Waals surface area contributed by atoms with E-state index >= 15 is 0 Å². The number of phenols is 1.